The summed E-state index contributed by atoms with van der Waals surface area (Å²) in [6.45, 7) is 1.65. The number of anilines is 1. The van der Waals surface area contributed by atoms with Gasteiger partial charge in [-0.3, -0.25) is 4.79 Å². The van der Waals surface area contributed by atoms with Crippen LogP contribution in [0.25, 0.3) is 0 Å². The van der Waals surface area contributed by atoms with Crippen molar-refractivity contribution in [2.75, 3.05) is 25.5 Å². The van der Waals surface area contributed by atoms with Gasteiger partial charge in [-0.05, 0) is 37.9 Å². The third-order valence-corrected chi connectivity index (χ3v) is 3.98. The van der Waals surface area contributed by atoms with Gasteiger partial charge in [0.25, 0.3) is 0 Å². The second-order valence-electron chi connectivity index (χ2n) is 5.53. The number of amides is 1. The zero-order chi connectivity index (χ0) is 14.5. The molecule has 0 atom stereocenters. The fourth-order valence-corrected chi connectivity index (χ4v) is 2.63. The lowest BCUT2D eigenvalue weighted by atomic mass is 9.82. The number of hydrogen-bond acceptors (Lipinski definition) is 3. The highest BCUT2D eigenvalue weighted by atomic mass is 35.5. The zero-order valence-electron chi connectivity index (χ0n) is 11.7. The van der Waals surface area contributed by atoms with Crippen molar-refractivity contribution >= 4 is 23.2 Å². The van der Waals surface area contributed by atoms with Crippen LogP contribution in [0.1, 0.15) is 19.3 Å². The van der Waals surface area contributed by atoms with Crippen LogP contribution in [0.4, 0.5) is 5.69 Å². The average Bonchev–Trinajstić information content (AvgIpc) is 2.37. The third kappa shape index (κ3) is 4.47. The van der Waals surface area contributed by atoms with E-state index in [1.54, 1.807) is 12.1 Å². The highest BCUT2D eigenvalue weighted by Gasteiger charge is 2.27. The molecule has 1 amide bonds. The maximum absolute atomic E-state index is 11.9. The summed E-state index contributed by atoms with van der Waals surface area (Å²) in [5.74, 6) is 0.542. The Balaban J connectivity index is 1.68. The maximum atomic E-state index is 11.9. The van der Waals surface area contributed by atoms with E-state index in [1.165, 1.54) is 0 Å². The van der Waals surface area contributed by atoms with Gasteiger partial charge in [0.15, 0.2) is 0 Å². The molecule has 2 N–H and O–H groups in total. The average molecular weight is 297 g/mol. The van der Waals surface area contributed by atoms with Gasteiger partial charge >= 0.3 is 0 Å². The summed E-state index contributed by atoms with van der Waals surface area (Å²) in [6.07, 6.45) is 2.10. The van der Waals surface area contributed by atoms with Crippen molar-refractivity contribution in [1.29, 1.82) is 0 Å². The van der Waals surface area contributed by atoms with Crippen LogP contribution in [0.15, 0.2) is 24.3 Å². The molecule has 5 heteroatoms. The Bertz CT molecular complexity index is 461. The fraction of sp³-hybridized carbons (Fsp3) is 0.533. The molecule has 0 aliphatic heterocycles. The second-order valence-corrected chi connectivity index (χ2v) is 5.94. The molecule has 1 aliphatic carbocycles. The predicted octanol–water partition coefficient (Wildman–Crippen LogP) is 2.37. The normalized spacial score (nSPS) is 21.6. The fourth-order valence-electron chi connectivity index (χ4n) is 2.45. The van der Waals surface area contributed by atoms with Crippen molar-refractivity contribution in [3.05, 3.63) is 29.3 Å². The van der Waals surface area contributed by atoms with E-state index in [0.717, 1.165) is 19.4 Å². The van der Waals surface area contributed by atoms with Crippen LogP contribution < -0.4 is 5.32 Å². The van der Waals surface area contributed by atoms with E-state index in [4.69, 9.17) is 11.6 Å². The summed E-state index contributed by atoms with van der Waals surface area (Å²) >= 11 is 5.99. The smallest absolute Gasteiger partial charge is 0.225 e. The Labute approximate surface area is 124 Å². The number of carbonyl (C=O) groups is 1. The first-order valence-corrected chi connectivity index (χ1v) is 7.33. The van der Waals surface area contributed by atoms with Crippen molar-refractivity contribution < 1.29 is 9.90 Å². The van der Waals surface area contributed by atoms with E-state index < -0.39 is 0 Å². The predicted molar refractivity (Wildman–Crippen MR) is 80.9 cm³/mol. The molecule has 110 valence electrons. The quantitative estimate of drug-likeness (QED) is 0.847. The van der Waals surface area contributed by atoms with Crippen LogP contribution in [0.5, 0.6) is 0 Å². The van der Waals surface area contributed by atoms with Crippen LogP contribution in [-0.2, 0) is 4.79 Å². The lowest BCUT2D eigenvalue weighted by Gasteiger charge is -2.34. The second kappa shape index (κ2) is 7.07. The Morgan fingerprint density at radius 2 is 2.15 bits per heavy atom. The standard InChI is InChI=1S/C15H21ClN2O2/c1-18(10-11-8-12(19)9-11)7-6-15(20)17-14-5-3-2-4-13(14)16/h2-5,11-12,19H,6-10H2,1H3,(H,17,20). The summed E-state index contributed by atoms with van der Waals surface area (Å²) in [5, 5.41) is 12.6. The van der Waals surface area contributed by atoms with Crippen LogP contribution in [0.3, 0.4) is 0 Å². The first kappa shape index (κ1) is 15.3. The molecular formula is C15H21ClN2O2. The summed E-state index contributed by atoms with van der Waals surface area (Å²) in [4.78, 5) is 14.0. The first-order chi connectivity index (χ1) is 9.54. The molecule has 0 heterocycles. The minimum Gasteiger partial charge on any atom is -0.393 e. The SMILES string of the molecule is CN(CCC(=O)Nc1ccccc1Cl)CC1CC(O)C1. The number of halogens is 1. The lowest BCUT2D eigenvalue weighted by Crippen LogP contribution is -2.38. The van der Waals surface area contributed by atoms with E-state index >= 15 is 0 Å². The van der Waals surface area contributed by atoms with Gasteiger partial charge in [0.2, 0.25) is 5.91 Å². The maximum Gasteiger partial charge on any atom is 0.225 e. The van der Waals surface area contributed by atoms with Crippen molar-refractivity contribution in [1.82, 2.24) is 4.90 Å². The molecule has 0 bridgehead atoms. The zero-order valence-corrected chi connectivity index (χ0v) is 12.4. The van der Waals surface area contributed by atoms with Gasteiger partial charge in [0.05, 0.1) is 16.8 Å². The van der Waals surface area contributed by atoms with Gasteiger partial charge in [-0.25, -0.2) is 0 Å². The van der Waals surface area contributed by atoms with Crippen LogP contribution >= 0.6 is 11.6 Å². The molecule has 1 aromatic carbocycles. The molecule has 4 nitrogen and oxygen atoms in total. The topological polar surface area (TPSA) is 52.6 Å². The monoisotopic (exact) mass is 296 g/mol. The number of aliphatic hydroxyl groups excluding tert-OH is 1. The molecule has 0 radical (unpaired) electrons. The van der Waals surface area contributed by atoms with Gasteiger partial charge in [-0.15, -0.1) is 0 Å². The van der Waals surface area contributed by atoms with Crippen molar-refractivity contribution in [2.45, 2.75) is 25.4 Å². The molecular weight excluding hydrogens is 276 g/mol. The van der Waals surface area contributed by atoms with E-state index in [9.17, 15) is 9.90 Å². The summed E-state index contributed by atoms with van der Waals surface area (Å²) in [6, 6.07) is 7.22. The van der Waals surface area contributed by atoms with Crippen LogP contribution in [0.2, 0.25) is 5.02 Å². The Hall–Kier alpha value is -1.10. The van der Waals surface area contributed by atoms with Crippen LogP contribution in [-0.4, -0.2) is 42.2 Å². The Kier molecular flexibility index (Phi) is 5.40. The lowest BCUT2D eigenvalue weighted by molar-refractivity contribution is -0.116. The number of hydrogen-bond donors (Lipinski definition) is 2. The third-order valence-electron chi connectivity index (χ3n) is 3.65. The highest BCUT2D eigenvalue weighted by Crippen LogP contribution is 2.27. The first-order valence-electron chi connectivity index (χ1n) is 6.95. The van der Waals surface area contributed by atoms with E-state index in [2.05, 4.69) is 10.2 Å². The van der Waals surface area contributed by atoms with Gasteiger partial charge in [-0.1, -0.05) is 23.7 Å². The number of nitrogens with zero attached hydrogens (tertiary/aromatic N) is 1. The van der Waals surface area contributed by atoms with Crippen molar-refractivity contribution in [3.63, 3.8) is 0 Å². The van der Waals surface area contributed by atoms with Gasteiger partial charge in [-0.2, -0.15) is 0 Å². The number of nitrogens with one attached hydrogen (secondary N) is 1. The summed E-state index contributed by atoms with van der Waals surface area (Å²) < 4.78 is 0. The van der Waals surface area contributed by atoms with Crippen molar-refractivity contribution in [2.24, 2.45) is 5.92 Å². The van der Waals surface area contributed by atoms with Gasteiger partial charge in [0.1, 0.15) is 0 Å². The molecule has 0 saturated heterocycles. The summed E-state index contributed by atoms with van der Waals surface area (Å²) in [5.41, 5.74) is 0.656. The molecule has 0 spiro atoms. The number of para-hydroxylation sites is 1. The number of carbonyl (C=O) groups excluding carboxylic acids is 1. The summed E-state index contributed by atoms with van der Waals surface area (Å²) in [7, 11) is 2.01. The molecule has 1 aliphatic rings. The molecule has 0 aromatic heterocycles. The molecule has 0 unspecified atom stereocenters. The van der Waals surface area contributed by atoms with Gasteiger partial charge < -0.3 is 15.3 Å². The minimum absolute atomic E-state index is 0.0291. The van der Waals surface area contributed by atoms with Crippen molar-refractivity contribution in [3.8, 4) is 0 Å². The highest BCUT2D eigenvalue weighted by molar-refractivity contribution is 6.33. The number of benzene rings is 1. The van der Waals surface area contributed by atoms with E-state index in [0.29, 0.717) is 29.6 Å². The minimum atomic E-state index is -0.114. The molecule has 2 rings (SSSR count). The van der Waals surface area contributed by atoms with Crippen LogP contribution in [0, 0.1) is 5.92 Å². The number of rotatable bonds is 6. The van der Waals surface area contributed by atoms with E-state index in [1.807, 2.05) is 19.2 Å². The van der Waals surface area contributed by atoms with E-state index in [-0.39, 0.29) is 12.0 Å². The number of aliphatic hydroxyl groups is 1. The molecule has 1 fully saturated rings. The molecule has 1 saturated carbocycles. The Morgan fingerprint density at radius 1 is 1.45 bits per heavy atom. The molecule has 20 heavy (non-hydrogen) atoms. The largest absolute Gasteiger partial charge is 0.393 e. The van der Waals surface area contributed by atoms with Gasteiger partial charge in [0, 0.05) is 19.5 Å². The molecule has 1 aromatic rings. The Morgan fingerprint density at radius 3 is 2.80 bits per heavy atom.